The summed E-state index contributed by atoms with van der Waals surface area (Å²) < 4.78 is 5.01. The number of benzene rings is 2. The number of carbonyl (C=O) groups excluding carboxylic acids is 2. The van der Waals surface area contributed by atoms with Crippen LogP contribution in [0.15, 0.2) is 53.6 Å². The predicted octanol–water partition coefficient (Wildman–Crippen LogP) is 1.69. The average Bonchev–Trinajstić information content (AvgIpc) is 2.62. The molecule has 0 unspecified atom stereocenters. The summed E-state index contributed by atoms with van der Waals surface area (Å²) in [4.78, 5) is 33.6. The fourth-order valence-electron chi connectivity index (χ4n) is 1.82. The van der Waals surface area contributed by atoms with Gasteiger partial charge in [0.2, 0.25) is 0 Å². The summed E-state index contributed by atoms with van der Waals surface area (Å²) in [7, 11) is 1.48. The van der Waals surface area contributed by atoms with Crippen LogP contribution in [-0.4, -0.2) is 30.1 Å². The zero-order valence-electron chi connectivity index (χ0n) is 13.1. The number of carbonyl (C=O) groups is 2. The van der Waals surface area contributed by atoms with Gasteiger partial charge in [-0.2, -0.15) is 5.10 Å². The quantitative estimate of drug-likeness (QED) is 0.370. The molecule has 0 aliphatic rings. The van der Waals surface area contributed by atoms with Crippen molar-refractivity contribution < 1.29 is 19.2 Å². The molecule has 0 fully saturated rings. The molecule has 2 aromatic rings. The van der Waals surface area contributed by atoms with Gasteiger partial charge in [0.1, 0.15) is 5.75 Å². The molecule has 2 N–H and O–H groups in total. The molecule has 2 aromatic carbocycles. The maximum atomic E-state index is 11.8. The first-order chi connectivity index (χ1) is 12.0. The molecule has 0 aliphatic carbocycles. The van der Waals surface area contributed by atoms with Gasteiger partial charge in [-0.05, 0) is 12.1 Å². The van der Waals surface area contributed by atoms with Crippen molar-refractivity contribution in [3.63, 3.8) is 0 Å². The number of non-ortho nitro benzene ring substituents is 1. The van der Waals surface area contributed by atoms with Crippen LogP contribution in [0.1, 0.15) is 5.56 Å². The van der Waals surface area contributed by atoms with Crippen LogP contribution in [-0.2, 0) is 9.59 Å². The van der Waals surface area contributed by atoms with E-state index >= 15 is 0 Å². The number of hydrogen-bond donors (Lipinski definition) is 2. The van der Waals surface area contributed by atoms with Crippen LogP contribution in [0.2, 0.25) is 0 Å². The molecule has 0 radical (unpaired) electrons. The van der Waals surface area contributed by atoms with Crippen LogP contribution in [0.5, 0.6) is 5.75 Å². The Labute approximate surface area is 142 Å². The number of nitrogens with zero attached hydrogens (tertiary/aromatic N) is 2. The van der Waals surface area contributed by atoms with Gasteiger partial charge in [0.25, 0.3) is 5.69 Å². The van der Waals surface area contributed by atoms with E-state index in [1.807, 2.05) is 5.43 Å². The summed E-state index contributed by atoms with van der Waals surface area (Å²) in [5, 5.41) is 16.7. The molecule has 0 aromatic heterocycles. The van der Waals surface area contributed by atoms with E-state index in [9.17, 15) is 19.7 Å². The molecule has 9 heteroatoms. The van der Waals surface area contributed by atoms with E-state index in [1.165, 1.54) is 31.5 Å². The van der Waals surface area contributed by atoms with Crippen molar-refractivity contribution in [2.45, 2.75) is 0 Å². The maximum absolute atomic E-state index is 11.8. The minimum atomic E-state index is -0.982. The van der Waals surface area contributed by atoms with E-state index in [2.05, 4.69) is 10.4 Å². The number of anilines is 1. The molecule has 0 atom stereocenters. The summed E-state index contributed by atoms with van der Waals surface area (Å²) in [6.45, 7) is 0. The summed E-state index contributed by atoms with van der Waals surface area (Å²) in [5.41, 5.74) is 2.74. The van der Waals surface area contributed by atoms with Gasteiger partial charge >= 0.3 is 11.8 Å². The number of hydrazone groups is 1. The molecule has 128 valence electrons. The Hall–Kier alpha value is -3.75. The van der Waals surface area contributed by atoms with Gasteiger partial charge in [-0.15, -0.1) is 0 Å². The lowest BCUT2D eigenvalue weighted by Crippen LogP contribution is -2.32. The summed E-state index contributed by atoms with van der Waals surface area (Å²) >= 11 is 0. The van der Waals surface area contributed by atoms with Gasteiger partial charge in [-0.3, -0.25) is 19.7 Å². The smallest absolute Gasteiger partial charge is 0.329 e. The zero-order valence-corrected chi connectivity index (χ0v) is 13.1. The molecular weight excluding hydrogens is 328 g/mol. The van der Waals surface area contributed by atoms with Crippen LogP contribution >= 0.6 is 0 Å². The first-order valence-corrected chi connectivity index (χ1v) is 7.02. The maximum Gasteiger partial charge on any atom is 0.329 e. The van der Waals surface area contributed by atoms with Crippen molar-refractivity contribution in [3.05, 3.63) is 64.2 Å². The lowest BCUT2D eigenvalue weighted by Gasteiger charge is -2.05. The lowest BCUT2D eigenvalue weighted by atomic mass is 10.2. The van der Waals surface area contributed by atoms with Gasteiger partial charge in [0.15, 0.2) is 0 Å². The average molecular weight is 342 g/mol. The van der Waals surface area contributed by atoms with Crippen molar-refractivity contribution in [1.29, 1.82) is 0 Å². The molecule has 0 heterocycles. The van der Waals surface area contributed by atoms with Gasteiger partial charge < -0.3 is 10.1 Å². The first-order valence-electron chi connectivity index (χ1n) is 7.02. The Bertz CT molecular complexity index is 835. The second kappa shape index (κ2) is 8.20. The van der Waals surface area contributed by atoms with E-state index in [4.69, 9.17) is 4.74 Å². The normalized spacial score (nSPS) is 10.3. The number of ether oxygens (including phenoxy) is 1. The van der Waals surface area contributed by atoms with Crippen molar-refractivity contribution in [3.8, 4) is 5.75 Å². The third-order valence-electron chi connectivity index (χ3n) is 2.99. The molecule has 0 saturated carbocycles. The number of nitrogens with one attached hydrogen (secondary N) is 2. The topological polar surface area (TPSA) is 123 Å². The van der Waals surface area contributed by atoms with Gasteiger partial charge in [-0.1, -0.05) is 18.2 Å². The minimum absolute atomic E-state index is 0.106. The molecule has 2 amide bonds. The fourth-order valence-corrected chi connectivity index (χ4v) is 1.82. The number of nitro groups is 1. The molecule has 0 aliphatic heterocycles. The van der Waals surface area contributed by atoms with Crippen molar-refractivity contribution in [1.82, 2.24) is 5.43 Å². The van der Waals surface area contributed by atoms with E-state index in [-0.39, 0.29) is 5.69 Å². The minimum Gasteiger partial charge on any atom is -0.497 e. The van der Waals surface area contributed by atoms with E-state index in [0.717, 1.165) is 0 Å². The van der Waals surface area contributed by atoms with Crippen LogP contribution in [0.3, 0.4) is 0 Å². The monoisotopic (exact) mass is 342 g/mol. The number of amides is 2. The second-order valence-electron chi connectivity index (χ2n) is 4.74. The van der Waals surface area contributed by atoms with E-state index in [1.54, 1.807) is 30.3 Å². The third-order valence-corrected chi connectivity index (χ3v) is 2.99. The van der Waals surface area contributed by atoms with Crippen molar-refractivity contribution >= 4 is 29.4 Å². The third kappa shape index (κ3) is 5.13. The Balaban J connectivity index is 1.93. The van der Waals surface area contributed by atoms with Crippen molar-refractivity contribution in [2.24, 2.45) is 5.10 Å². The van der Waals surface area contributed by atoms with Gasteiger partial charge in [-0.25, -0.2) is 5.43 Å². The Morgan fingerprint density at radius 2 is 1.92 bits per heavy atom. The fraction of sp³-hybridized carbons (Fsp3) is 0.0625. The summed E-state index contributed by atoms with van der Waals surface area (Å²) in [6, 6.07) is 12.2. The van der Waals surface area contributed by atoms with Crippen LogP contribution in [0, 0.1) is 10.1 Å². The highest BCUT2D eigenvalue weighted by Gasteiger charge is 2.13. The highest BCUT2D eigenvalue weighted by Crippen LogP contribution is 2.16. The zero-order chi connectivity index (χ0) is 18.2. The molecular formula is C16H14N4O5. The van der Waals surface area contributed by atoms with E-state index < -0.39 is 16.7 Å². The van der Waals surface area contributed by atoms with Gasteiger partial charge in [0, 0.05) is 29.4 Å². The highest BCUT2D eigenvalue weighted by atomic mass is 16.6. The standard InChI is InChI=1S/C16H14N4O5/c1-25-14-7-3-5-12(9-14)18-15(21)16(22)19-17-10-11-4-2-6-13(8-11)20(23)24/h2-10H,1H3,(H,18,21)(H,19,22)/b17-10-. The number of hydrogen-bond acceptors (Lipinski definition) is 6. The highest BCUT2D eigenvalue weighted by molar-refractivity contribution is 6.39. The van der Waals surface area contributed by atoms with Crippen molar-refractivity contribution in [2.75, 3.05) is 12.4 Å². The first kappa shape index (κ1) is 17.6. The summed E-state index contributed by atoms with van der Waals surface area (Å²) in [6.07, 6.45) is 1.20. The largest absolute Gasteiger partial charge is 0.497 e. The SMILES string of the molecule is COc1cccc(NC(=O)C(=O)N/N=C\c2cccc([N+](=O)[O-])c2)c1. The molecule has 2 rings (SSSR count). The Kier molecular flexibility index (Phi) is 5.77. The molecule has 0 saturated heterocycles. The van der Waals surface area contributed by atoms with Crippen LogP contribution in [0.4, 0.5) is 11.4 Å². The van der Waals surface area contributed by atoms with E-state index in [0.29, 0.717) is 17.0 Å². The molecule has 9 nitrogen and oxygen atoms in total. The lowest BCUT2D eigenvalue weighted by molar-refractivity contribution is -0.384. The molecule has 25 heavy (non-hydrogen) atoms. The van der Waals surface area contributed by atoms with Crippen LogP contribution in [0.25, 0.3) is 0 Å². The molecule has 0 spiro atoms. The van der Waals surface area contributed by atoms with Crippen LogP contribution < -0.4 is 15.5 Å². The summed E-state index contributed by atoms with van der Waals surface area (Å²) in [5.74, 6) is -1.36. The number of methoxy groups -OCH3 is 1. The second-order valence-corrected chi connectivity index (χ2v) is 4.74. The number of nitro benzene ring substituents is 1. The predicted molar refractivity (Wildman–Crippen MR) is 90.5 cm³/mol. The van der Waals surface area contributed by atoms with Gasteiger partial charge in [0.05, 0.1) is 18.2 Å². The Morgan fingerprint density at radius 1 is 1.16 bits per heavy atom. The Morgan fingerprint density at radius 3 is 2.64 bits per heavy atom. The number of rotatable bonds is 5. The molecule has 0 bridgehead atoms.